The van der Waals surface area contributed by atoms with Crippen molar-refractivity contribution in [2.75, 3.05) is 24.6 Å². The normalized spacial score (nSPS) is 14.8. The molecule has 0 aromatic carbocycles. The second-order valence-corrected chi connectivity index (χ2v) is 13.0. The van der Waals surface area contributed by atoms with Gasteiger partial charge in [-0.15, -0.1) is 0 Å². The van der Waals surface area contributed by atoms with E-state index in [0.29, 0.717) is 0 Å². The van der Waals surface area contributed by atoms with E-state index < -0.39 is 7.26 Å². The molecule has 0 amide bonds. The summed E-state index contributed by atoms with van der Waals surface area (Å²) in [6.07, 6.45) is 41.0. The van der Waals surface area contributed by atoms with Gasteiger partial charge in [-0.25, -0.2) is 0 Å². The second-order valence-electron chi connectivity index (χ2n) is 8.50. The van der Waals surface area contributed by atoms with Crippen LogP contribution in [-0.4, -0.2) is 24.6 Å². The predicted molar refractivity (Wildman–Crippen MR) is 141 cm³/mol. The zero-order chi connectivity index (χ0) is 21.5. The van der Waals surface area contributed by atoms with Crippen molar-refractivity contribution in [3.63, 3.8) is 0 Å². The first-order chi connectivity index (χ1) is 14.2. The largest absolute Gasteiger partial charge is 0.0917 e. The maximum absolute atomic E-state index is 2.35. The van der Waals surface area contributed by atoms with Gasteiger partial charge in [0, 0.05) is 7.26 Å². The maximum Gasteiger partial charge on any atom is 0.0594 e. The van der Waals surface area contributed by atoms with Gasteiger partial charge in [0.25, 0.3) is 0 Å². The van der Waals surface area contributed by atoms with Crippen LogP contribution < -0.4 is 0 Å². The highest BCUT2D eigenvalue weighted by molar-refractivity contribution is 7.75. The number of rotatable bonds is 20. The zero-order valence-corrected chi connectivity index (χ0v) is 21.3. The van der Waals surface area contributed by atoms with Gasteiger partial charge in [-0.2, -0.15) is 0 Å². The van der Waals surface area contributed by atoms with Gasteiger partial charge in [0.15, 0.2) is 0 Å². The van der Waals surface area contributed by atoms with E-state index in [4.69, 9.17) is 0 Å². The van der Waals surface area contributed by atoms with Gasteiger partial charge < -0.3 is 0 Å². The summed E-state index contributed by atoms with van der Waals surface area (Å²) in [4.78, 5) is 0. The third-order valence-corrected chi connectivity index (χ3v) is 11.0. The number of unbranched alkanes of at least 4 members (excludes halogenated alkanes) is 8. The molecular formula is C28H52P+. The molecule has 0 N–H and O–H groups in total. The lowest BCUT2D eigenvalue weighted by Gasteiger charge is -2.28. The third-order valence-electron chi connectivity index (χ3n) is 5.96. The third kappa shape index (κ3) is 17.9. The summed E-state index contributed by atoms with van der Waals surface area (Å²) >= 11 is 0. The minimum atomic E-state index is -0.787. The fraction of sp³-hybridized carbons (Fsp3) is 0.714. The van der Waals surface area contributed by atoms with E-state index in [9.17, 15) is 0 Å². The van der Waals surface area contributed by atoms with Gasteiger partial charge in [0.1, 0.15) is 0 Å². The number of hydrogen-bond acceptors (Lipinski definition) is 0. The summed E-state index contributed by atoms with van der Waals surface area (Å²) < 4.78 is 0. The molecule has 1 heteroatoms. The molecular weight excluding hydrogens is 367 g/mol. The summed E-state index contributed by atoms with van der Waals surface area (Å²) in [6.45, 7) is 8.60. The predicted octanol–water partition coefficient (Wildman–Crippen LogP) is 9.99. The molecule has 0 spiro atoms. The Kier molecular flexibility index (Phi) is 21.6. The first-order valence-corrected chi connectivity index (χ1v) is 15.1. The van der Waals surface area contributed by atoms with E-state index in [1.54, 1.807) is 24.6 Å². The Morgan fingerprint density at radius 3 is 0.828 bits per heavy atom. The fourth-order valence-electron chi connectivity index (χ4n) is 4.18. The van der Waals surface area contributed by atoms with Crippen LogP contribution in [0, 0.1) is 0 Å². The quantitative estimate of drug-likeness (QED) is 0.105. The molecule has 0 bridgehead atoms. The SMILES string of the molecule is CC=CCCCC[P+](CCCCC=CC)(CCCCC=CC)CCCCC=CC. The molecule has 0 aliphatic heterocycles. The van der Waals surface area contributed by atoms with Gasteiger partial charge in [-0.05, 0) is 105 Å². The molecule has 0 fully saturated rings. The Morgan fingerprint density at radius 1 is 0.379 bits per heavy atom. The highest BCUT2D eigenvalue weighted by atomic mass is 31.2. The Labute approximate surface area is 185 Å². The zero-order valence-electron chi connectivity index (χ0n) is 20.4. The van der Waals surface area contributed by atoms with Crippen molar-refractivity contribution in [1.29, 1.82) is 0 Å². The lowest BCUT2D eigenvalue weighted by atomic mass is 10.2. The Hall–Kier alpha value is -0.610. The van der Waals surface area contributed by atoms with Gasteiger partial charge in [0.05, 0.1) is 24.6 Å². The minimum Gasteiger partial charge on any atom is -0.0917 e. The second kappa shape index (κ2) is 22.1. The average Bonchev–Trinajstić information content (AvgIpc) is 2.73. The van der Waals surface area contributed by atoms with Crippen molar-refractivity contribution in [3.8, 4) is 0 Å². The van der Waals surface area contributed by atoms with Crippen LogP contribution in [-0.2, 0) is 0 Å². The first-order valence-electron chi connectivity index (χ1n) is 12.5. The van der Waals surface area contributed by atoms with Crippen LogP contribution in [0.3, 0.4) is 0 Å². The first kappa shape index (κ1) is 28.4. The molecule has 0 radical (unpaired) electrons. The Bertz CT molecular complexity index is 356. The van der Waals surface area contributed by atoms with E-state index in [0.717, 1.165) is 0 Å². The summed E-state index contributed by atoms with van der Waals surface area (Å²) in [5, 5.41) is 0. The monoisotopic (exact) mass is 419 g/mol. The molecule has 0 rings (SSSR count). The van der Waals surface area contributed by atoms with E-state index in [1.807, 2.05) is 0 Å². The Morgan fingerprint density at radius 2 is 0.621 bits per heavy atom. The molecule has 0 atom stereocenters. The standard InChI is InChI=1S/C28H52P/c1-5-9-13-17-21-25-29(26-22-18-14-10-6-2,27-23-19-15-11-7-3)28-24-20-16-12-8-4/h5-12H,13-28H2,1-4H3/q+1. The van der Waals surface area contributed by atoms with Gasteiger partial charge >= 0.3 is 0 Å². The van der Waals surface area contributed by atoms with Crippen LogP contribution in [0.25, 0.3) is 0 Å². The highest BCUT2D eigenvalue weighted by Gasteiger charge is 2.34. The van der Waals surface area contributed by atoms with Crippen LogP contribution in [0.5, 0.6) is 0 Å². The lowest BCUT2D eigenvalue weighted by molar-refractivity contribution is 0.761. The van der Waals surface area contributed by atoms with Crippen molar-refractivity contribution < 1.29 is 0 Å². The van der Waals surface area contributed by atoms with Crippen molar-refractivity contribution >= 4 is 7.26 Å². The summed E-state index contributed by atoms with van der Waals surface area (Å²) in [6, 6.07) is 0. The molecule has 0 heterocycles. The van der Waals surface area contributed by atoms with Crippen molar-refractivity contribution in [1.82, 2.24) is 0 Å². The molecule has 0 unspecified atom stereocenters. The molecule has 0 nitrogen and oxygen atoms in total. The van der Waals surface area contributed by atoms with Crippen LogP contribution in [0.4, 0.5) is 0 Å². The minimum absolute atomic E-state index is 0.787. The average molecular weight is 420 g/mol. The van der Waals surface area contributed by atoms with E-state index >= 15 is 0 Å². The van der Waals surface area contributed by atoms with E-state index in [-0.39, 0.29) is 0 Å². The van der Waals surface area contributed by atoms with Crippen molar-refractivity contribution in [3.05, 3.63) is 48.6 Å². The molecule has 0 aliphatic carbocycles. The molecule has 168 valence electrons. The topological polar surface area (TPSA) is 0 Å². The molecule has 0 saturated heterocycles. The number of allylic oxidation sites excluding steroid dienone is 8. The van der Waals surface area contributed by atoms with Gasteiger partial charge in [-0.3, -0.25) is 0 Å². The summed E-state index contributed by atoms with van der Waals surface area (Å²) in [5.41, 5.74) is 0. The molecule has 0 aliphatic rings. The summed E-state index contributed by atoms with van der Waals surface area (Å²) in [7, 11) is -0.787. The lowest BCUT2D eigenvalue weighted by Crippen LogP contribution is -2.13. The molecule has 0 saturated carbocycles. The van der Waals surface area contributed by atoms with Crippen LogP contribution >= 0.6 is 7.26 Å². The van der Waals surface area contributed by atoms with Crippen LogP contribution in [0.2, 0.25) is 0 Å². The van der Waals surface area contributed by atoms with Crippen LogP contribution in [0.15, 0.2) is 48.6 Å². The highest BCUT2D eigenvalue weighted by Crippen LogP contribution is 2.61. The Balaban J connectivity index is 4.85. The van der Waals surface area contributed by atoms with Crippen molar-refractivity contribution in [2.24, 2.45) is 0 Å². The van der Waals surface area contributed by atoms with Crippen molar-refractivity contribution in [2.45, 2.75) is 105 Å². The van der Waals surface area contributed by atoms with E-state index in [1.165, 1.54) is 77.0 Å². The fourth-order valence-corrected chi connectivity index (χ4v) is 9.09. The molecule has 0 aromatic rings. The molecule has 29 heavy (non-hydrogen) atoms. The number of hydrogen-bond donors (Lipinski definition) is 0. The molecule has 0 aromatic heterocycles. The summed E-state index contributed by atoms with van der Waals surface area (Å²) in [5.74, 6) is 0. The van der Waals surface area contributed by atoms with Gasteiger partial charge in [-0.1, -0.05) is 48.6 Å². The van der Waals surface area contributed by atoms with E-state index in [2.05, 4.69) is 76.3 Å². The van der Waals surface area contributed by atoms with Gasteiger partial charge in [0.2, 0.25) is 0 Å². The smallest absolute Gasteiger partial charge is 0.0594 e. The van der Waals surface area contributed by atoms with Crippen LogP contribution in [0.1, 0.15) is 105 Å². The maximum atomic E-state index is 2.35.